The maximum absolute atomic E-state index is 14.3. The molecule has 0 spiro atoms. The molecule has 1 aromatic heterocycles. The van der Waals surface area contributed by atoms with E-state index in [2.05, 4.69) is 0 Å². The Morgan fingerprint density at radius 2 is 1.62 bits per heavy atom. The highest BCUT2D eigenvalue weighted by Gasteiger charge is 2.37. The van der Waals surface area contributed by atoms with Gasteiger partial charge in [-0.05, 0) is 67.9 Å². The van der Waals surface area contributed by atoms with Crippen molar-refractivity contribution < 1.29 is 32.7 Å². The summed E-state index contributed by atoms with van der Waals surface area (Å²) in [6.45, 7) is 5.51. The lowest BCUT2D eigenvalue weighted by Gasteiger charge is -2.35. The molecule has 1 saturated heterocycles. The third-order valence-electron chi connectivity index (χ3n) is 8.50. The molecule has 9 nitrogen and oxygen atoms in total. The molecule has 242 valence electrons. The number of anilines is 1. The van der Waals surface area contributed by atoms with Gasteiger partial charge in [0.15, 0.2) is 5.76 Å². The molecule has 4 aromatic rings. The van der Waals surface area contributed by atoms with E-state index in [9.17, 15) is 18.8 Å². The molecule has 1 unspecified atom stereocenters. The molecule has 3 aromatic carbocycles. The molecule has 0 radical (unpaired) electrons. The minimum absolute atomic E-state index is 0.0407. The summed E-state index contributed by atoms with van der Waals surface area (Å²) in [4.78, 5) is 45.3. The maximum atomic E-state index is 14.3. The molecule has 0 bridgehead atoms. The van der Waals surface area contributed by atoms with Gasteiger partial charge < -0.3 is 28.6 Å². The van der Waals surface area contributed by atoms with Gasteiger partial charge in [-0.1, -0.05) is 42.5 Å². The number of rotatable bonds is 9. The molecule has 47 heavy (non-hydrogen) atoms. The zero-order valence-electron chi connectivity index (χ0n) is 26.4. The minimum atomic E-state index is -0.533. The summed E-state index contributed by atoms with van der Waals surface area (Å²) in [5.74, 6) is 0.0493. The Morgan fingerprint density at radius 1 is 0.894 bits per heavy atom. The average molecular weight is 638 g/mol. The fourth-order valence-corrected chi connectivity index (χ4v) is 6.13. The SMILES string of the molecule is CCOC(=O)C1=C(C)N(Cc2ccc(C(=O)N3CCN(c4ccccc4F)CC3)o2)C(=O)CC1c1cccc(Oc2ccccc2)c1. The van der Waals surface area contributed by atoms with Crippen LogP contribution < -0.4 is 9.64 Å². The number of nitrogens with zero attached hydrogens (tertiary/aromatic N) is 3. The molecule has 0 aliphatic carbocycles. The standard InChI is InChI=1S/C37H36FN3O6/c1-3-45-37(44)35-25(2)41(34(42)23-30(35)26-10-9-13-28(22-26)46-27-11-5-4-6-12-27)24-29-16-17-33(47-29)36(43)40-20-18-39(19-21-40)32-15-8-7-14-31(32)38/h4-17,22,30H,3,18-21,23-24H2,1-2H3. The van der Waals surface area contributed by atoms with Crippen molar-refractivity contribution >= 4 is 23.5 Å². The van der Waals surface area contributed by atoms with Crippen molar-refractivity contribution in [1.29, 1.82) is 0 Å². The Kier molecular flexibility index (Phi) is 9.37. The number of hydrogen-bond donors (Lipinski definition) is 0. The molecular weight excluding hydrogens is 601 g/mol. The molecule has 0 N–H and O–H groups in total. The number of allylic oxidation sites excluding steroid dienone is 1. The maximum Gasteiger partial charge on any atom is 0.336 e. The quantitative estimate of drug-likeness (QED) is 0.193. The van der Waals surface area contributed by atoms with E-state index in [4.69, 9.17) is 13.9 Å². The van der Waals surface area contributed by atoms with Crippen molar-refractivity contribution in [3.05, 3.63) is 125 Å². The predicted molar refractivity (Wildman–Crippen MR) is 173 cm³/mol. The van der Waals surface area contributed by atoms with Crippen molar-refractivity contribution in [3.63, 3.8) is 0 Å². The van der Waals surface area contributed by atoms with E-state index < -0.39 is 11.9 Å². The van der Waals surface area contributed by atoms with E-state index in [1.165, 1.54) is 11.0 Å². The molecular formula is C37H36FN3O6. The van der Waals surface area contributed by atoms with Crippen LogP contribution in [0.5, 0.6) is 11.5 Å². The molecule has 3 heterocycles. The second-order valence-electron chi connectivity index (χ2n) is 11.4. The minimum Gasteiger partial charge on any atom is -0.463 e. The third-order valence-corrected chi connectivity index (χ3v) is 8.50. The van der Waals surface area contributed by atoms with Crippen molar-refractivity contribution in [2.24, 2.45) is 0 Å². The van der Waals surface area contributed by atoms with Crippen molar-refractivity contribution in [3.8, 4) is 11.5 Å². The van der Waals surface area contributed by atoms with Gasteiger partial charge in [-0.25, -0.2) is 9.18 Å². The summed E-state index contributed by atoms with van der Waals surface area (Å²) in [5, 5.41) is 0. The first-order valence-corrected chi connectivity index (χ1v) is 15.7. The van der Waals surface area contributed by atoms with Gasteiger partial charge >= 0.3 is 5.97 Å². The van der Waals surface area contributed by atoms with Crippen LogP contribution in [0.15, 0.2) is 107 Å². The number of ether oxygens (including phenoxy) is 2. The highest BCUT2D eigenvalue weighted by Crippen LogP contribution is 2.39. The Bertz CT molecular complexity index is 1790. The van der Waals surface area contributed by atoms with Crippen molar-refractivity contribution in [2.75, 3.05) is 37.7 Å². The smallest absolute Gasteiger partial charge is 0.336 e. The van der Waals surface area contributed by atoms with Gasteiger partial charge in [-0.15, -0.1) is 0 Å². The molecule has 10 heteroatoms. The van der Waals surface area contributed by atoms with E-state index >= 15 is 0 Å². The van der Waals surface area contributed by atoms with Gasteiger partial charge in [0, 0.05) is 44.2 Å². The summed E-state index contributed by atoms with van der Waals surface area (Å²) in [5.41, 5.74) is 2.13. The fourth-order valence-electron chi connectivity index (χ4n) is 6.13. The number of carbonyl (C=O) groups excluding carboxylic acids is 3. The van der Waals surface area contributed by atoms with Crippen molar-refractivity contribution in [1.82, 2.24) is 9.80 Å². The number of para-hydroxylation sites is 2. The molecule has 2 amide bonds. The van der Waals surface area contributed by atoms with E-state index in [1.54, 1.807) is 49.1 Å². The molecule has 0 saturated carbocycles. The van der Waals surface area contributed by atoms with Crippen LogP contribution in [0.4, 0.5) is 10.1 Å². The van der Waals surface area contributed by atoms with E-state index in [0.29, 0.717) is 60.4 Å². The third kappa shape index (κ3) is 6.91. The normalized spacial score (nSPS) is 16.8. The monoisotopic (exact) mass is 637 g/mol. The number of benzene rings is 3. The number of esters is 1. The lowest BCUT2D eigenvalue weighted by Crippen LogP contribution is -2.49. The van der Waals surface area contributed by atoms with E-state index in [1.807, 2.05) is 59.5 Å². The number of furan rings is 1. The fraction of sp³-hybridized carbons (Fsp3) is 0.270. The Morgan fingerprint density at radius 3 is 2.36 bits per heavy atom. The largest absolute Gasteiger partial charge is 0.463 e. The number of halogens is 1. The summed E-state index contributed by atoms with van der Waals surface area (Å²) < 4.78 is 31.7. The van der Waals surface area contributed by atoms with E-state index in [0.717, 1.165) is 5.56 Å². The lowest BCUT2D eigenvalue weighted by molar-refractivity contribution is -0.140. The number of hydrogen-bond acceptors (Lipinski definition) is 7. The van der Waals surface area contributed by atoms with Gasteiger partial charge in [-0.3, -0.25) is 9.59 Å². The average Bonchev–Trinajstić information content (AvgIpc) is 3.56. The molecule has 2 aliphatic rings. The summed E-state index contributed by atoms with van der Waals surface area (Å²) in [6, 6.07) is 26.6. The van der Waals surface area contributed by atoms with Crippen LogP contribution in [0.25, 0.3) is 0 Å². The van der Waals surface area contributed by atoms with Crippen LogP contribution in [0.3, 0.4) is 0 Å². The number of piperazine rings is 1. The lowest BCUT2D eigenvalue weighted by atomic mass is 9.83. The van der Waals surface area contributed by atoms with Crippen LogP contribution >= 0.6 is 0 Å². The van der Waals surface area contributed by atoms with Crippen LogP contribution in [0.1, 0.15) is 48.1 Å². The van der Waals surface area contributed by atoms with Crippen LogP contribution in [-0.2, 0) is 20.9 Å². The second kappa shape index (κ2) is 13.9. The van der Waals surface area contributed by atoms with Crippen molar-refractivity contribution in [2.45, 2.75) is 32.7 Å². The van der Waals surface area contributed by atoms with Crippen LogP contribution in [0.2, 0.25) is 0 Å². The second-order valence-corrected chi connectivity index (χ2v) is 11.4. The van der Waals surface area contributed by atoms with E-state index in [-0.39, 0.29) is 43.0 Å². The van der Waals surface area contributed by atoms with Crippen LogP contribution in [-0.4, -0.2) is 60.4 Å². The van der Waals surface area contributed by atoms with Gasteiger partial charge in [0.2, 0.25) is 5.91 Å². The highest BCUT2D eigenvalue weighted by atomic mass is 19.1. The molecule has 1 fully saturated rings. The summed E-state index contributed by atoms with van der Waals surface area (Å²) >= 11 is 0. The van der Waals surface area contributed by atoms with Gasteiger partial charge in [0.05, 0.1) is 24.4 Å². The van der Waals surface area contributed by atoms with Gasteiger partial charge in [0.1, 0.15) is 23.1 Å². The molecule has 2 aliphatic heterocycles. The van der Waals surface area contributed by atoms with Crippen LogP contribution in [0, 0.1) is 5.82 Å². The Balaban J connectivity index is 1.18. The highest BCUT2D eigenvalue weighted by molar-refractivity contribution is 5.96. The Hall–Kier alpha value is -5.38. The van der Waals surface area contributed by atoms with Gasteiger partial charge in [-0.2, -0.15) is 0 Å². The first-order valence-electron chi connectivity index (χ1n) is 15.7. The number of amides is 2. The summed E-state index contributed by atoms with van der Waals surface area (Å²) in [6.07, 6.45) is 0.0407. The topological polar surface area (TPSA) is 92.5 Å². The predicted octanol–water partition coefficient (Wildman–Crippen LogP) is 6.53. The first kappa shape index (κ1) is 31.6. The zero-order chi connectivity index (χ0) is 32.9. The molecule has 6 rings (SSSR count). The summed E-state index contributed by atoms with van der Waals surface area (Å²) in [7, 11) is 0. The molecule has 1 atom stereocenters. The first-order chi connectivity index (χ1) is 22.8. The number of carbonyl (C=O) groups is 3. The zero-order valence-corrected chi connectivity index (χ0v) is 26.4. The van der Waals surface area contributed by atoms with Gasteiger partial charge in [0.25, 0.3) is 5.91 Å². The Labute approximate surface area is 272 Å².